The van der Waals surface area contributed by atoms with E-state index in [0.717, 1.165) is 5.57 Å². The average Bonchev–Trinajstić information content (AvgIpc) is 2.53. The summed E-state index contributed by atoms with van der Waals surface area (Å²) in [5, 5.41) is 0.104. The first kappa shape index (κ1) is 19.4. The van der Waals surface area contributed by atoms with Crippen molar-refractivity contribution in [3.8, 4) is 0 Å². The Morgan fingerprint density at radius 1 is 1.12 bits per heavy atom. The summed E-state index contributed by atoms with van der Waals surface area (Å²) in [5.74, 6) is -1.11. The van der Waals surface area contributed by atoms with Crippen LogP contribution in [0.25, 0.3) is 0 Å². The van der Waals surface area contributed by atoms with Crippen molar-refractivity contribution in [2.75, 3.05) is 26.2 Å². The van der Waals surface area contributed by atoms with Crippen LogP contribution in [-0.2, 0) is 4.79 Å². The second-order valence-corrected chi connectivity index (χ2v) is 7.70. The van der Waals surface area contributed by atoms with Gasteiger partial charge in [-0.05, 0) is 24.5 Å². The Labute approximate surface area is 153 Å². The highest BCUT2D eigenvalue weighted by Gasteiger charge is 2.27. The number of amides is 2. The Kier molecular flexibility index (Phi) is 5.88. The van der Waals surface area contributed by atoms with Crippen LogP contribution in [-0.4, -0.2) is 47.8 Å². The zero-order valence-corrected chi connectivity index (χ0v) is 15.9. The van der Waals surface area contributed by atoms with Gasteiger partial charge in [0.15, 0.2) is 0 Å². The third kappa shape index (κ3) is 4.60. The number of hydrogen-bond donors (Lipinski definition) is 0. The molecule has 1 aliphatic heterocycles. The van der Waals surface area contributed by atoms with Crippen LogP contribution in [0, 0.1) is 11.2 Å². The molecule has 0 saturated carbocycles. The third-order valence-corrected chi connectivity index (χ3v) is 4.89. The predicted molar refractivity (Wildman–Crippen MR) is 97.1 cm³/mol. The minimum Gasteiger partial charge on any atom is -0.336 e. The molecule has 0 aliphatic carbocycles. The predicted octanol–water partition coefficient (Wildman–Crippen LogP) is 3.76. The molecule has 0 atom stereocenters. The van der Waals surface area contributed by atoms with Gasteiger partial charge in [0.1, 0.15) is 5.82 Å². The van der Waals surface area contributed by atoms with Crippen LogP contribution in [0.1, 0.15) is 38.1 Å². The van der Waals surface area contributed by atoms with Crippen molar-refractivity contribution in [1.29, 1.82) is 0 Å². The van der Waals surface area contributed by atoms with Crippen LogP contribution >= 0.6 is 11.6 Å². The molecule has 1 fully saturated rings. The fraction of sp³-hybridized carbons (Fsp3) is 0.474. The van der Waals surface area contributed by atoms with Gasteiger partial charge in [0.05, 0.1) is 10.6 Å². The van der Waals surface area contributed by atoms with Gasteiger partial charge < -0.3 is 9.80 Å². The van der Waals surface area contributed by atoms with E-state index in [4.69, 9.17) is 11.6 Å². The Morgan fingerprint density at radius 2 is 1.68 bits per heavy atom. The summed E-state index contributed by atoms with van der Waals surface area (Å²) in [6.45, 7) is 9.67. The highest BCUT2D eigenvalue weighted by molar-refractivity contribution is 6.33. The number of carbonyl (C=O) groups excluding carboxylic acids is 2. The van der Waals surface area contributed by atoms with Crippen molar-refractivity contribution in [2.24, 2.45) is 5.41 Å². The van der Waals surface area contributed by atoms with Gasteiger partial charge in [-0.25, -0.2) is 4.39 Å². The third-order valence-electron chi connectivity index (χ3n) is 4.58. The summed E-state index contributed by atoms with van der Waals surface area (Å²) in [5.41, 5.74) is 0.844. The number of piperazine rings is 1. The van der Waals surface area contributed by atoms with Crippen molar-refractivity contribution in [1.82, 2.24) is 9.80 Å². The number of rotatable bonds is 2. The molecule has 1 aromatic rings. The number of benzene rings is 1. The molecule has 1 aliphatic rings. The first-order valence-corrected chi connectivity index (χ1v) is 8.70. The van der Waals surface area contributed by atoms with Crippen molar-refractivity contribution in [3.63, 3.8) is 0 Å². The van der Waals surface area contributed by atoms with Crippen LogP contribution in [0.2, 0.25) is 5.02 Å². The van der Waals surface area contributed by atoms with Crippen molar-refractivity contribution < 1.29 is 14.0 Å². The Balaban J connectivity index is 2.02. The van der Waals surface area contributed by atoms with E-state index in [9.17, 15) is 14.0 Å². The summed E-state index contributed by atoms with van der Waals surface area (Å²) in [7, 11) is 0. The smallest absolute Gasteiger partial charge is 0.258 e. The molecule has 0 radical (unpaired) electrons. The molecule has 0 bridgehead atoms. The summed E-state index contributed by atoms with van der Waals surface area (Å²) < 4.78 is 13.9. The van der Waals surface area contributed by atoms with Gasteiger partial charge >= 0.3 is 0 Å². The second kappa shape index (κ2) is 7.56. The Morgan fingerprint density at radius 3 is 2.20 bits per heavy atom. The highest BCUT2D eigenvalue weighted by Crippen LogP contribution is 2.25. The molecule has 136 valence electrons. The zero-order chi connectivity index (χ0) is 18.8. The lowest BCUT2D eigenvalue weighted by Gasteiger charge is -2.34. The average molecular weight is 367 g/mol. The SMILES string of the molecule is C/C(=C\C(=O)N1CCN(C(=O)c2c(F)cccc2Cl)CC1)C(C)(C)C. The number of carbonyl (C=O) groups is 2. The van der Waals surface area contributed by atoms with Crippen LogP contribution in [0.4, 0.5) is 4.39 Å². The van der Waals surface area contributed by atoms with E-state index < -0.39 is 11.7 Å². The largest absolute Gasteiger partial charge is 0.336 e. The summed E-state index contributed by atoms with van der Waals surface area (Å²) in [6.07, 6.45) is 1.66. The maximum Gasteiger partial charge on any atom is 0.258 e. The second-order valence-electron chi connectivity index (χ2n) is 7.29. The molecule has 6 heteroatoms. The lowest BCUT2D eigenvalue weighted by molar-refractivity contribution is -0.127. The van der Waals surface area contributed by atoms with Gasteiger partial charge in [0.25, 0.3) is 5.91 Å². The lowest BCUT2D eigenvalue weighted by Crippen LogP contribution is -2.50. The molecule has 1 heterocycles. The normalized spacial score (nSPS) is 16.2. The van der Waals surface area contributed by atoms with Gasteiger partial charge in [-0.1, -0.05) is 44.0 Å². The van der Waals surface area contributed by atoms with Crippen LogP contribution in [0.3, 0.4) is 0 Å². The van der Waals surface area contributed by atoms with Gasteiger partial charge in [-0.2, -0.15) is 0 Å². The molecule has 25 heavy (non-hydrogen) atoms. The summed E-state index contributed by atoms with van der Waals surface area (Å²) in [4.78, 5) is 28.1. The maximum absolute atomic E-state index is 13.9. The lowest BCUT2D eigenvalue weighted by atomic mass is 9.87. The first-order chi connectivity index (χ1) is 11.6. The molecular weight excluding hydrogens is 343 g/mol. The van der Waals surface area contributed by atoms with E-state index in [2.05, 4.69) is 20.8 Å². The quantitative estimate of drug-likeness (QED) is 0.748. The van der Waals surface area contributed by atoms with Crippen molar-refractivity contribution >= 4 is 23.4 Å². The molecule has 0 aromatic heterocycles. The molecule has 4 nitrogen and oxygen atoms in total. The molecule has 0 spiro atoms. The van der Waals surface area contributed by atoms with Crippen molar-refractivity contribution in [2.45, 2.75) is 27.7 Å². The van der Waals surface area contributed by atoms with Crippen molar-refractivity contribution in [3.05, 3.63) is 46.3 Å². The molecule has 0 unspecified atom stereocenters. The zero-order valence-electron chi connectivity index (χ0n) is 15.1. The van der Waals surface area contributed by atoms with E-state index in [1.807, 2.05) is 6.92 Å². The number of allylic oxidation sites excluding steroid dienone is 1. The summed E-state index contributed by atoms with van der Waals surface area (Å²) in [6, 6.07) is 4.19. The number of hydrogen-bond acceptors (Lipinski definition) is 2. The first-order valence-electron chi connectivity index (χ1n) is 8.32. The van der Waals surface area contributed by atoms with Crippen LogP contribution < -0.4 is 0 Å². The van der Waals surface area contributed by atoms with Gasteiger partial charge in [0.2, 0.25) is 5.91 Å². The Hall–Kier alpha value is -1.88. The molecule has 2 amide bonds. The van der Waals surface area contributed by atoms with E-state index in [-0.39, 0.29) is 21.9 Å². The Bertz CT molecular complexity index is 682. The minimum absolute atomic E-state index is 0.0524. The van der Waals surface area contributed by atoms with E-state index >= 15 is 0 Å². The summed E-state index contributed by atoms with van der Waals surface area (Å²) >= 11 is 5.96. The van der Waals surface area contributed by atoms with Crippen LogP contribution in [0.15, 0.2) is 29.8 Å². The standard InChI is InChI=1S/C19H24ClFN2O2/c1-13(19(2,3)4)12-16(24)22-8-10-23(11-9-22)18(25)17-14(20)6-5-7-15(17)21/h5-7,12H,8-11H2,1-4H3/b13-12+. The molecule has 0 N–H and O–H groups in total. The monoisotopic (exact) mass is 366 g/mol. The van der Waals surface area contributed by atoms with E-state index in [0.29, 0.717) is 26.2 Å². The van der Waals surface area contributed by atoms with Gasteiger partial charge in [0, 0.05) is 32.3 Å². The maximum atomic E-state index is 13.9. The van der Waals surface area contributed by atoms with E-state index in [1.165, 1.54) is 23.1 Å². The fourth-order valence-electron chi connectivity index (χ4n) is 2.48. The fourth-order valence-corrected chi connectivity index (χ4v) is 2.73. The number of halogens is 2. The van der Waals surface area contributed by atoms with Gasteiger partial charge in [-0.15, -0.1) is 0 Å². The van der Waals surface area contributed by atoms with Gasteiger partial charge in [-0.3, -0.25) is 9.59 Å². The molecular formula is C19H24ClFN2O2. The van der Waals surface area contributed by atoms with Crippen LogP contribution in [0.5, 0.6) is 0 Å². The topological polar surface area (TPSA) is 40.6 Å². The highest BCUT2D eigenvalue weighted by atomic mass is 35.5. The minimum atomic E-state index is -0.625. The molecule has 1 aromatic carbocycles. The molecule has 1 saturated heterocycles. The number of nitrogens with zero attached hydrogens (tertiary/aromatic N) is 2. The van der Waals surface area contributed by atoms with E-state index in [1.54, 1.807) is 11.0 Å². The molecule has 2 rings (SSSR count).